The van der Waals surface area contributed by atoms with Crippen LogP contribution in [0.25, 0.3) is 16.7 Å². The number of halogens is 2. The summed E-state index contributed by atoms with van der Waals surface area (Å²) in [7, 11) is 1.10. The number of aromatic nitrogens is 3. The van der Waals surface area contributed by atoms with Crippen molar-refractivity contribution < 1.29 is 27.9 Å². The number of aromatic amines is 1. The van der Waals surface area contributed by atoms with Crippen LogP contribution >= 0.6 is 0 Å². The predicted octanol–water partition coefficient (Wildman–Crippen LogP) is 3.03. The van der Waals surface area contributed by atoms with E-state index < -0.39 is 48.8 Å². The zero-order valence-electron chi connectivity index (χ0n) is 22.8. The molecule has 1 unspecified atom stereocenters. The fourth-order valence-electron chi connectivity index (χ4n) is 6.58. The number of carbonyl (C=O) groups excluding carboxylic acids is 3. The molecule has 2 amide bonds. The summed E-state index contributed by atoms with van der Waals surface area (Å²) in [6.07, 6.45) is 3.61. The number of H-pyrrole nitrogens is 1. The number of esters is 1. The van der Waals surface area contributed by atoms with Gasteiger partial charge in [0.2, 0.25) is 11.8 Å². The molecule has 3 aliphatic heterocycles. The number of ether oxygens (including phenoxy) is 1. The molecule has 0 saturated carbocycles. The first-order valence-electron chi connectivity index (χ1n) is 13.5. The quantitative estimate of drug-likeness (QED) is 0.474. The molecular formula is C29H30F2N6O4. The number of nitrogens with zero attached hydrogens (tertiary/aromatic N) is 5. The molecule has 10 nitrogen and oxygen atoms in total. The van der Waals surface area contributed by atoms with Crippen LogP contribution in [0.1, 0.15) is 36.0 Å². The number of rotatable bonds is 5. The van der Waals surface area contributed by atoms with Gasteiger partial charge in [0.1, 0.15) is 12.6 Å². The highest BCUT2D eigenvalue weighted by atomic mass is 19.3. The van der Waals surface area contributed by atoms with Crippen LogP contribution in [0.3, 0.4) is 0 Å². The first-order valence-corrected chi connectivity index (χ1v) is 13.5. The third-order valence-corrected chi connectivity index (χ3v) is 8.65. The molecule has 0 radical (unpaired) electrons. The Balaban J connectivity index is 1.24. The van der Waals surface area contributed by atoms with Crippen molar-refractivity contribution in [3.05, 3.63) is 59.9 Å². The monoisotopic (exact) mass is 564 g/mol. The Morgan fingerprint density at radius 3 is 2.71 bits per heavy atom. The van der Waals surface area contributed by atoms with Gasteiger partial charge in [-0.1, -0.05) is 18.7 Å². The average Bonchev–Trinajstić information content (AvgIpc) is 3.63. The largest absolute Gasteiger partial charge is 0.467 e. The van der Waals surface area contributed by atoms with Crippen molar-refractivity contribution >= 4 is 40.2 Å². The number of anilines is 1. The third kappa shape index (κ3) is 4.32. The summed E-state index contributed by atoms with van der Waals surface area (Å²) >= 11 is 0. The van der Waals surface area contributed by atoms with Gasteiger partial charge in [-0.25, -0.2) is 18.6 Å². The van der Waals surface area contributed by atoms with Crippen molar-refractivity contribution in [1.82, 2.24) is 25.0 Å². The Morgan fingerprint density at radius 1 is 1.22 bits per heavy atom. The topological polar surface area (TPSA) is 112 Å². The number of fused-ring (bicyclic) bond motifs is 3. The summed E-state index contributed by atoms with van der Waals surface area (Å²) in [5.41, 5.74) is 3.87. The predicted molar refractivity (Wildman–Crippen MR) is 146 cm³/mol. The van der Waals surface area contributed by atoms with Gasteiger partial charge in [0.15, 0.2) is 5.65 Å². The molecule has 0 aliphatic carbocycles. The number of alkyl halides is 2. The lowest BCUT2D eigenvalue weighted by molar-refractivity contribution is -0.150. The van der Waals surface area contributed by atoms with Crippen LogP contribution in [0.15, 0.2) is 43.2 Å². The number of likely N-dealkylation sites (tertiary alicyclic amines) is 2. The minimum atomic E-state index is -3.22. The van der Waals surface area contributed by atoms with Crippen LogP contribution < -0.4 is 4.90 Å². The van der Waals surface area contributed by atoms with E-state index in [4.69, 9.17) is 0 Å². The normalized spacial score (nSPS) is 21.0. The Bertz CT molecular complexity index is 1580. The highest BCUT2D eigenvalue weighted by Crippen LogP contribution is 2.50. The van der Waals surface area contributed by atoms with Crippen LogP contribution in [-0.4, -0.2) is 88.0 Å². The Labute approximate surface area is 234 Å². The number of piperidine rings is 1. The maximum absolute atomic E-state index is 14.3. The van der Waals surface area contributed by atoms with E-state index in [1.807, 2.05) is 25.1 Å². The summed E-state index contributed by atoms with van der Waals surface area (Å²) in [4.78, 5) is 48.5. The Morgan fingerprint density at radius 2 is 1.98 bits per heavy atom. The molecule has 41 heavy (non-hydrogen) atoms. The van der Waals surface area contributed by atoms with Crippen molar-refractivity contribution in [3.63, 3.8) is 0 Å². The molecule has 1 spiro atoms. The minimum absolute atomic E-state index is 0.234. The second-order valence-electron chi connectivity index (χ2n) is 11.0. The number of hydrogen-bond acceptors (Lipinski definition) is 7. The highest BCUT2D eigenvalue weighted by molar-refractivity contribution is 6.11. The Kier molecular flexibility index (Phi) is 6.31. The van der Waals surface area contributed by atoms with Gasteiger partial charge in [-0.05, 0) is 43.0 Å². The number of nitrogens with one attached hydrogen (secondary N) is 1. The van der Waals surface area contributed by atoms with Crippen molar-refractivity contribution in [2.45, 2.75) is 43.6 Å². The fourth-order valence-corrected chi connectivity index (χ4v) is 6.58. The minimum Gasteiger partial charge on any atom is -0.467 e. The lowest BCUT2D eigenvalue weighted by atomic mass is 9.72. The fraction of sp³-hybridized carbons (Fsp3) is 0.414. The summed E-state index contributed by atoms with van der Waals surface area (Å²) < 4.78 is 33.2. The van der Waals surface area contributed by atoms with Gasteiger partial charge < -0.3 is 19.4 Å². The molecule has 5 heterocycles. The average molecular weight is 565 g/mol. The number of carbonyl (C=O) groups is 3. The van der Waals surface area contributed by atoms with Gasteiger partial charge in [-0.15, -0.1) is 0 Å². The summed E-state index contributed by atoms with van der Waals surface area (Å²) in [5.74, 6) is -5.07. The van der Waals surface area contributed by atoms with Crippen LogP contribution in [0.4, 0.5) is 14.5 Å². The van der Waals surface area contributed by atoms with E-state index in [1.165, 1.54) is 4.90 Å². The summed E-state index contributed by atoms with van der Waals surface area (Å²) in [6, 6.07) is 6.11. The number of pyridine rings is 1. The maximum Gasteiger partial charge on any atom is 0.328 e. The standard InChI is InChI=1S/C29H30F2N6O4/c1-17-5-4-6-21-24(17)28(7-9-35(10-8-28)18(2)19-11-20-14-33-34-25(20)32-13-19)27(40)36(21)15-23(38)37-16-29(30,31)12-22(37)26(39)41-3/h4-6,11,13-14,22H,2,7-10,12,15-16H2,1,3H3,(H,32,33,34). The molecule has 3 aromatic rings. The van der Waals surface area contributed by atoms with E-state index >= 15 is 0 Å². The molecule has 2 saturated heterocycles. The molecule has 1 N–H and O–H groups in total. The molecule has 1 aromatic carbocycles. The molecule has 6 rings (SSSR count). The first kappa shape index (κ1) is 26.9. The number of hydrogen-bond donors (Lipinski definition) is 1. The molecule has 1 atom stereocenters. The number of benzene rings is 1. The summed E-state index contributed by atoms with van der Waals surface area (Å²) in [5, 5.41) is 7.72. The smallest absolute Gasteiger partial charge is 0.328 e. The zero-order valence-corrected chi connectivity index (χ0v) is 22.8. The lowest BCUT2D eigenvalue weighted by Gasteiger charge is -2.40. The maximum atomic E-state index is 14.3. The first-order chi connectivity index (χ1) is 19.5. The van der Waals surface area contributed by atoms with Crippen LogP contribution in [0.2, 0.25) is 0 Å². The Hall–Kier alpha value is -4.35. The summed E-state index contributed by atoms with van der Waals surface area (Å²) in [6.45, 7) is 5.99. The van der Waals surface area contributed by atoms with Gasteiger partial charge in [0, 0.05) is 48.0 Å². The highest BCUT2D eigenvalue weighted by Gasteiger charge is 2.55. The van der Waals surface area contributed by atoms with Crippen molar-refractivity contribution in [3.8, 4) is 0 Å². The number of methoxy groups -OCH3 is 1. The zero-order chi connectivity index (χ0) is 29.1. The second-order valence-corrected chi connectivity index (χ2v) is 11.0. The molecule has 0 bridgehead atoms. The van der Waals surface area contributed by atoms with Crippen LogP contribution in [-0.2, 0) is 24.5 Å². The molecule has 214 valence electrons. The third-order valence-electron chi connectivity index (χ3n) is 8.65. The number of amides is 2. The van der Waals surface area contributed by atoms with Gasteiger partial charge in [0.05, 0.1) is 25.3 Å². The second kappa shape index (κ2) is 9.64. The van der Waals surface area contributed by atoms with Crippen molar-refractivity contribution in [2.24, 2.45) is 0 Å². The molecule has 2 fully saturated rings. The van der Waals surface area contributed by atoms with E-state index in [0.717, 1.165) is 39.8 Å². The number of aryl methyl sites for hydroxylation is 1. The van der Waals surface area contributed by atoms with Gasteiger partial charge in [-0.2, -0.15) is 5.10 Å². The van der Waals surface area contributed by atoms with Gasteiger partial charge >= 0.3 is 5.97 Å². The lowest BCUT2D eigenvalue weighted by Crippen LogP contribution is -2.51. The van der Waals surface area contributed by atoms with E-state index in [1.54, 1.807) is 18.5 Å². The molecule has 3 aliphatic rings. The van der Waals surface area contributed by atoms with E-state index in [2.05, 4.69) is 31.4 Å². The SMILES string of the molecule is C=C(c1cnc2[nH]ncc2c1)N1CCC2(CC1)C(=O)N(CC(=O)N1CC(F)(F)CC1C(=O)OC)c1cccc(C)c12. The van der Waals surface area contributed by atoms with E-state index in [9.17, 15) is 23.2 Å². The van der Waals surface area contributed by atoms with Gasteiger partial charge in [0.25, 0.3) is 5.92 Å². The molecular weight excluding hydrogens is 534 g/mol. The van der Waals surface area contributed by atoms with Crippen LogP contribution in [0.5, 0.6) is 0 Å². The van der Waals surface area contributed by atoms with Crippen LogP contribution in [0, 0.1) is 6.92 Å². The van der Waals surface area contributed by atoms with Gasteiger partial charge in [-0.3, -0.25) is 14.7 Å². The molecule has 12 heteroatoms. The molecule has 2 aromatic heterocycles. The van der Waals surface area contributed by atoms with Crippen molar-refractivity contribution in [1.29, 1.82) is 0 Å². The van der Waals surface area contributed by atoms with E-state index in [0.29, 0.717) is 37.3 Å². The van der Waals surface area contributed by atoms with E-state index in [-0.39, 0.29) is 5.91 Å². The van der Waals surface area contributed by atoms with Crippen molar-refractivity contribution in [2.75, 3.05) is 38.2 Å².